The molecule has 0 N–H and O–H groups in total. The van der Waals surface area contributed by atoms with Crippen LogP contribution in [0, 0.1) is 5.92 Å². The van der Waals surface area contributed by atoms with Gasteiger partial charge in [0.05, 0.1) is 12.2 Å². The number of allylic oxidation sites excluding steroid dienone is 8. The third-order valence-electron chi connectivity index (χ3n) is 9.92. The van der Waals surface area contributed by atoms with Crippen molar-refractivity contribution in [2.75, 3.05) is 20.6 Å². The lowest BCUT2D eigenvalue weighted by Crippen LogP contribution is -2.33. The zero-order valence-corrected chi connectivity index (χ0v) is 31.2. The second-order valence-corrected chi connectivity index (χ2v) is 14.8. The predicted molar refractivity (Wildman–Crippen MR) is 202 cm³/mol. The lowest BCUT2D eigenvalue weighted by Gasteiger charge is -2.30. The molecule has 0 aromatic carbocycles. The van der Waals surface area contributed by atoms with Crippen LogP contribution < -0.4 is 0 Å². The summed E-state index contributed by atoms with van der Waals surface area (Å²) >= 11 is 0. The Kier molecular flexibility index (Phi) is 24.7. The zero-order valence-electron chi connectivity index (χ0n) is 31.2. The molecule has 0 aromatic heterocycles. The molecule has 2 atom stereocenters. The van der Waals surface area contributed by atoms with Gasteiger partial charge in [0.25, 0.3) is 0 Å². The van der Waals surface area contributed by atoms with Crippen LogP contribution in [0.4, 0.5) is 0 Å². The highest BCUT2D eigenvalue weighted by Crippen LogP contribution is 2.45. The minimum absolute atomic E-state index is 0.302. The first-order valence-electron chi connectivity index (χ1n) is 20.2. The smallest absolute Gasteiger partial charge is 0.169 e. The highest BCUT2D eigenvalue weighted by molar-refractivity contribution is 4.95. The Morgan fingerprint density at radius 2 is 0.870 bits per heavy atom. The summed E-state index contributed by atoms with van der Waals surface area (Å²) in [5.41, 5.74) is 0. The Hall–Kier alpha value is -1.16. The lowest BCUT2D eigenvalue weighted by atomic mass is 9.98. The van der Waals surface area contributed by atoms with E-state index in [0.29, 0.717) is 12.2 Å². The van der Waals surface area contributed by atoms with Crippen LogP contribution in [-0.2, 0) is 9.47 Å². The molecule has 0 bridgehead atoms. The maximum atomic E-state index is 6.86. The summed E-state index contributed by atoms with van der Waals surface area (Å²) in [6, 6.07) is 0. The van der Waals surface area contributed by atoms with Gasteiger partial charge in [0.2, 0.25) is 0 Å². The van der Waals surface area contributed by atoms with Crippen LogP contribution in [0.15, 0.2) is 48.6 Å². The van der Waals surface area contributed by atoms with Gasteiger partial charge in [0.15, 0.2) is 5.79 Å². The standard InChI is InChI=1S/C43H77NO2/c1-5-7-9-11-13-15-17-19-21-23-25-27-29-31-33-35-43(45-41-37-40(39-44(3)4)38-42(41)46-43)36-34-32-30-28-26-24-22-20-18-16-14-12-10-8-6-2/h11-14,17-20,40-42H,5-10,15-16,21-39H2,1-4H3/b13-11-,14-12-,19-17-,20-18-/t41-,42-/m1/s1. The van der Waals surface area contributed by atoms with Crippen molar-refractivity contribution in [3.05, 3.63) is 48.6 Å². The van der Waals surface area contributed by atoms with Crippen molar-refractivity contribution in [1.29, 1.82) is 0 Å². The molecule has 1 saturated carbocycles. The van der Waals surface area contributed by atoms with Crippen LogP contribution in [0.1, 0.15) is 181 Å². The third-order valence-corrected chi connectivity index (χ3v) is 9.92. The quantitative estimate of drug-likeness (QED) is 0.0576. The third kappa shape index (κ3) is 20.3. The molecule has 0 radical (unpaired) electrons. The van der Waals surface area contributed by atoms with Gasteiger partial charge in [0.1, 0.15) is 0 Å². The second kappa shape index (κ2) is 27.8. The van der Waals surface area contributed by atoms with Crippen molar-refractivity contribution in [3.63, 3.8) is 0 Å². The first kappa shape index (κ1) is 41.0. The minimum Gasteiger partial charge on any atom is -0.344 e. The normalized spacial score (nSPS) is 20.2. The summed E-state index contributed by atoms with van der Waals surface area (Å²) in [6.45, 7) is 5.67. The topological polar surface area (TPSA) is 21.7 Å². The predicted octanol–water partition coefficient (Wildman–Crippen LogP) is 13.1. The lowest BCUT2D eigenvalue weighted by molar-refractivity contribution is -0.193. The molecule has 2 aliphatic rings. The first-order valence-corrected chi connectivity index (χ1v) is 20.2. The van der Waals surface area contributed by atoms with E-state index in [4.69, 9.17) is 9.47 Å². The summed E-state index contributed by atoms with van der Waals surface area (Å²) in [7, 11) is 4.38. The molecular formula is C43H77NO2. The average Bonchev–Trinajstić information content (AvgIpc) is 3.55. The molecule has 0 unspecified atom stereocenters. The summed E-state index contributed by atoms with van der Waals surface area (Å²) in [5.74, 6) is 0.418. The van der Waals surface area contributed by atoms with Crippen molar-refractivity contribution in [2.24, 2.45) is 5.92 Å². The number of rotatable bonds is 30. The van der Waals surface area contributed by atoms with Gasteiger partial charge in [-0.25, -0.2) is 0 Å². The molecule has 1 saturated heterocycles. The van der Waals surface area contributed by atoms with E-state index < -0.39 is 0 Å². The summed E-state index contributed by atoms with van der Waals surface area (Å²) in [5, 5.41) is 0. The highest BCUT2D eigenvalue weighted by atomic mass is 16.8. The van der Waals surface area contributed by atoms with Crippen LogP contribution >= 0.6 is 0 Å². The van der Waals surface area contributed by atoms with E-state index in [1.54, 1.807) is 0 Å². The number of nitrogens with zero attached hydrogens (tertiary/aromatic N) is 1. The molecule has 2 fully saturated rings. The maximum absolute atomic E-state index is 6.86. The number of hydrogen-bond acceptors (Lipinski definition) is 3. The SMILES string of the molecule is CCCC/C=C\C/C=C\CCCCCCCCC1(CCCCCCCC/C=C\C/C=C\CCCC)O[C@@H]2CC(CN(C)C)C[C@H]2O1. The van der Waals surface area contributed by atoms with E-state index in [1.165, 1.54) is 141 Å². The maximum Gasteiger partial charge on any atom is 0.169 e. The fraction of sp³-hybridized carbons (Fsp3) is 0.814. The Labute approximate surface area is 287 Å². The monoisotopic (exact) mass is 640 g/mol. The van der Waals surface area contributed by atoms with Crippen LogP contribution in [-0.4, -0.2) is 43.5 Å². The van der Waals surface area contributed by atoms with E-state index in [-0.39, 0.29) is 5.79 Å². The summed E-state index contributed by atoms with van der Waals surface area (Å²) < 4.78 is 13.7. The molecule has 0 spiro atoms. The van der Waals surface area contributed by atoms with E-state index in [1.807, 2.05) is 0 Å². The van der Waals surface area contributed by atoms with Crippen LogP contribution in [0.5, 0.6) is 0 Å². The molecular weight excluding hydrogens is 562 g/mol. The number of unbranched alkanes of at least 4 members (excludes halogenated alkanes) is 16. The van der Waals surface area contributed by atoms with E-state index in [2.05, 4.69) is 81.5 Å². The molecule has 46 heavy (non-hydrogen) atoms. The molecule has 266 valence electrons. The number of ether oxygens (including phenoxy) is 2. The van der Waals surface area contributed by atoms with Crippen LogP contribution in [0.2, 0.25) is 0 Å². The molecule has 3 heteroatoms. The Morgan fingerprint density at radius 1 is 0.500 bits per heavy atom. The fourth-order valence-electron chi connectivity index (χ4n) is 7.30. The van der Waals surface area contributed by atoms with Crippen LogP contribution in [0.3, 0.4) is 0 Å². The van der Waals surface area contributed by atoms with Crippen LogP contribution in [0.25, 0.3) is 0 Å². The fourth-order valence-corrected chi connectivity index (χ4v) is 7.30. The Morgan fingerprint density at radius 3 is 1.26 bits per heavy atom. The van der Waals surface area contributed by atoms with Gasteiger partial charge >= 0.3 is 0 Å². The largest absolute Gasteiger partial charge is 0.344 e. The molecule has 0 amide bonds. The molecule has 1 aliphatic carbocycles. The van der Waals surface area contributed by atoms with Crippen molar-refractivity contribution in [1.82, 2.24) is 4.90 Å². The number of hydrogen-bond donors (Lipinski definition) is 0. The minimum atomic E-state index is -0.302. The Balaban J connectivity index is 1.59. The van der Waals surface area contributed by atoms with Crippen molar-refractivity contribution in [2.45, 2.75) is 199 Å². The summed E-state index contributed by atoms with van der Waals surface area (Å²) in [6.07, 6.45) is 52.2. The van der Waals surface area contributed by atoms with Gasteiger partial charge in [-0.15, -0.1) is 0 Å². The van der Waals surface area contributed by atoms with E-state index >= 15 is 0 Å². The van der Waals surface area contributed by atoms with Crippen molar-refractivity contribution in [3.8, 4) is 0 Å². The first-order chi connectivity index (χ1) is 22.6. The highest BCUT2D eigenvalue weighted by Gasteiger charge is 2.50. The van der Waals surface area contributed by atoms with E-state index in [9.17, 15) is 0 Å². The zero-order chi connectivity index (χ0) is 33.0. The van der Waals surface area contributed by atoms with Gasteiger partial charge in [-0.1, -0.05) is 140 Å². The molecule has 0 aromatic rings. The van der Waals surface area contributed by atoms with Crippen molar-refractivity contribution < 1.29 is 9.47 Å². The summed E-state index contributed by atoms with van der Waals surface area (Å²) in [4.78, 5) is 2.32. The molecule has 3 nitrogen and oxygen atoms in total. The molecule has 2 rings (SSSR count). The average molecular weight is 640 g/mol. The van der Waals surface area contributed by atoms with E-state index in [0.717, 1.165) is 38.1 Å². The molecule has 1 aliphatic heterocycles. The van der Waals surface area contributed by atoms with Gasteiger partial charge in [-0.2, -0.15) is 0 Å². The second-order valence-electron chi connectivity index (χ2n) is 14.8. The molecule has 1 heterocycles. The van der Waals surface area contributed by atoms with Gasteiger partial charge in [0, 0.05) is 19.4 Å². The van der Waals surface area contributed by atoms with Gasteiger partial charge < -0.3 is 14.4 Å². The Bertz CT molecular complexity index is 750. The van der Waals surface area contributed by atoms with Gasteiger partial charge in [-0.05, 0) is 97.1 Å². The number of fused-ring (bicyclic) bond motifs is 1. The van der Waals surface area contributed by atoms with Gasteiger partial charge in [-0.3, -0.25) is 0 Å². The van der Waals surface area contributed by atoms with Crippen molar-refractivity contribution >= 4 is 0 Å².